The van der Waals surface area contributed by atoms with Crippen LogP contribution in [0.4, 0.5) is 13.2 Å². The molecule has 0 saturated carbocycles. The monoisotopic (exact) mass is 216 g/mol. The highest BCUT2D eigenvalue weighted by atomic mass is 35.5. The molecule has 0 amide bonds. The molecule has 7 heteroatoms. The number of hydrogen-bond acceptors (Lipinski definition) is 2. The highest BCUT2D eigenvalue weighted by Crippen LogP contribution is 2.32. The van der Waals surface area contributed by atoms with E-state index in [-0.39, 0.29) is 14.7 Å². The summed E-state index contributed by atoms with van der Waals surface area (Å²) in [7, 11) is 0. The van der Waals surface area contributed by atoms with Crippen LogP contribution in [0.2, 0.25) is 5.02 Å². The van der Waals surface area contributed by atoms with Crippen LogP contribution < -0.4 is 0 Å². The van der Waals surface area contributed by atoms with E-state index >= 15 is 0 Å². The third kappa shape index (κ3) is 1.69. The predicted octanol–water partition coefficient (Wildman–Crippen LogP) is 2.73. The number of rotatable bonds is 1. The van der Waals surface area contributed by atoms with Crippen molar-refractivity contribution >= 4 is 23.4 Å². The number of halogens is 4. The van der Waals surface area contributed by atoms with Gasteiger partial charge < -0.3 is 0 Å². The SMILES string of the molecule is CSc1c(Cl)cnn1C(F)(F)F. The minimum absolute atomic E-state index is 0.0137. The van der Waals surface area contributed by atoms with E-state index in [4.69, 9.17) is 11.6 Å². The van der Waals surface area contributed by atoms with Crippen molar-refractivity contribution in [3.05, 3.63) is 11.2 Å². The first-order valence-electron chi connectivity index (χ1n) is 2.81. The fourth-order valence-corrected chi connectivity index (χ4v) is 1.61. The third-order valence-electron chi connectivity index (χ3n) is 1.12. The average molecular weight is 217 g/mol. The lowest BCUT2D eigenvalue weighted by molar-refractivity contribution is -0.217. The van der Waals surface area contributed by atoms with Gasteiger partial charge in [0, 0.05) is 0 Å². The van der Waals surface area contributed by atoms with Crippen molar-refractivity contribution in [3.8, 4) is 0 Å². The van der Waals surface area contributed by atoms with Gasteiger partial charge in [0.25, 0.3) is 0 Å². The van der Waals surface area contributed by atoms with Crippen LogP contribution in [-0.4, -0.2) is 16.0 Å². The summed E-state index contributed by atoms with van der Waals surface area (Å²) in [6.45, 7) is 0. The van der Waals surface area contributed by atoms with Crippen LogP contribution in [0.3, 0.4) is 0 Å². The second kappa shape index (κ2) is 3.18. The van der Waals surface area contributed by atoms with Gasteiger partial charge in [-0.2, -0.15) is 9.78 Å². The Morgan fingerprint density at radius 1 is 1.58 bits per heavy atom. The van der Waals surface area contributed by atoms with E-state index in [1.165, 1.54) is 6.26 Å². The van der Waals surface area contributed by atoms with E-state index in [1.807, 2.05) is 0 Å². The lowest BCUT2D eigenvalue weighted by Gasteiger charge is -2.08. The molecule has 0 saturated heterocycles. The Morgan fingerprint density at radius 2 is 2.17 bits per heavy atom. The minimum atomic E-state index is -4.49. The van der Waals surface area contributed by atoms with Crippen LogP contribution in [0.25, 0.3) is 0 Å². The second-order valence-electron chi connectivity index (χ2n) is 1.88. The molecule has 0 aromatic carbocycles. The summed E-state index contributed by atoms with van der Waals surface area (Å²) in [4.78, 5) is 0. The minimum Gasteiger partial charge on any atom is -0.171 e. The maximum absolute atomic E-state index is 12.1. The molecule has 0 spiro atoms. The molecule has 1 rings (SSSR count). The number of nitrogens with zero attached hydrogens (tertiary/aromatic N) is 2. The topological polar surface area (TPSA) is 17.8 Å². The Bertz CT molecular complexity index is 283. The molecule has 0 N–H and O–H groups in total. The van der Waals surface area contributed by atoms with Gasteiger partial charge in [-0.15, -0.1) is 24.9 Å². The molecule has 0 atom stereocenters. The quantitative estimate of drug-likeness (QED) is 0.672. The summed E-state index contributed by atoms with van der Waals surface area (Å²) >= 11 is 6.35. The Kier molecular flexibility index (Phi) is 2.58. The highest BCUT2D eigenvalue weighted by molar-refractivity contribution is 7.98. The van der Waals surface area contributed by atoms with E-state index in [9.17, 15) is 13.2 Å². The molecule has 0 aliphatic heterocycles. The Labute approximate surface area is 75.7 Å². The molecule has 0 fully saturated rings. The molecular formula is C5H4ClF3N2S. The van der Waals surface area contributed by atoms with Gasteiger partial charge in [-0.25, -0.2) is 0 Å². The molecule has 0 radical (unpaired) electrons. The first-order chi connectivity index (χ1) is 5.46. The maximum atomic E-state index is 12.1. The van der Waals surface area contributed by atoms with Crippen molar-refractivity contribution in [1.29, 1.82) is 0 Å². The normalized spacial score (nSPS) is 12.1. The standard InChI is InChI=1S/C5H4ClF3N2S/c1-12-4-3(6)2-10-11(4)5(7,8)9/h2H,1H3. The van der Waals surface area contributed by atoms with E-state index in [0.717, 1.165) is 18.0 Å². The molecule has 0 aliphatic carbocycles. The summed E-state index contributed by atoms with van der Waals surface area (Å²) in [5.74, 6) is 0. The zero-order valence-corrected chi connectivity index (χ0v) is 7.46. The van der Waals surface area contributed by atoms with Crippen LogP contribution in [0.1, 0.15) is 0 Å². The average Bonchev–Trinajstić information content (AvgIpc) is 2.29. The Hall–Kier alpha value is -0.360. The number of hydrogen-bond donors (Lipinski definition) is 0. The van der Waals surface area contributed by atoms with Gasteiger partial charge in [-0.1, -0.05) is 11.6 Å². The van der Waals surface area contributed by atoms with Gasteiger partial charge in [0.2, 0.25) is 0 Å². The lowest BCUT2D eigenvalue weighted by atomic mass is 10.7. The first-order valence-corrected chi connectivity index (χ1v) is 4.42. The maximum Gasteiger partial charge on any atom is 0.505 e. The molecule has 0 unspecified atom stereocenters. The van der Waals surface area contributed by atoms with Crippen LogP contribution in [0.5, 0.6) is 0 Å². The van der Waals surface area contributed by atoms with Crippen LogP contribution >= 0.6 is 23.4 Å². The molecule has 2 nitrogen and oxygen atoms in total. The molecule has 1 aromatic heterocycles. The summed E-state index contributed by atoms with van der Waals surface area (Å²) < 4.78 is 36.2. The predicted molar refractivity (Wildman–Crippen MR) is 40.3 cm³/mol. The van der Waals surface area contributed by atoms with Gasteiger partial charge in [-0.3, -0.25) is 0 Å². The number of aromatic nitrogens is 2. The van der Waals surface area contributed by atoms with Gasteiger partial charge >= 0.3 is 6.30 Å². The fraction of sp³-hybridized carbons (Fsp3) is 0.400. The highest BCUT2D eigenvalue weighted by Gasteiger charge is 2.34. The van der Waals surface area contributed by atoms with E-state index in [2.05, 4.69) is 5.10 Å². The molecular weight excluding hydrogens is 213 g/mol. The van der Waals surface area contributed by atoms with Crippen molar-refractivity contribution in [2.24, 2.45) is 0 Å². The third-order valence-corrected chi connectivity index (χ3v) is 2.28. The lowest BCUT2D eigenvalue weighted by Crippen LogP contribution is -2.18. The van der Waals surface area contributed by atoms with Crippen molar-refractivity contribution in [1.82, 2.24) is 9.78 Å². The van der Waals surface area contributed by atoms with Crippen molar-refractivity contribution < 1.29 is 13.2 Å². The first kappa shape index (κ1) is 9.73. The van der Waals surface area contributed by atoms with Gasteiger partial charge in [-0.05, 0) is 6.26 Å². The summed E-state index contributed by atoms with van der Waals surface area (Å²) in [5.41, 5.74) is 0. The van der Waals surface area contributed by atoms with E-state index in [0.29, 0.717) is 0 Å². The number of alkyl halides is 3. The van der Waals surface area contributed by atoms with Gasteiger partial charge in [0.1, 0.15) is 5.03 Å². The van der Waals surface area contributed by atoms with E-state index < -0.39 is 6.30 Å². The molecule has 68 valence electrons. The zero-order chi connectivity index (χ0) is 9.35. The van der Waals surface area contributed by atoms with Crippen molar-refractivity contribution in [3.63, 3.8) is 0 Å². The molecule has 12 heavy (non-hydrogen) atoms. The summed E-state index contributed by atoms with van der Waals surface area (Å²) in [6.07, 6.45) is -2.02. The molecule has 1 heterocycles. The van der Waals surface area contributed by atoms with Crippen molar-refractivity contribution in [2.45, 2.75) is 11.3 Å². The zero-order valence-electron chi connectivity index (χ0n) is 5.89. The molecule has 0 aliphatic rings. The molecule has 1 aromatic rings. The second-order valence-corrected chi connectivity index (χ2v) is 3.08. The summed E-state index contributed by atoms with van der Waals surface area (Å²) in [6, 6.07) is 0. The van der Waals surface area contributed by atoms with Crippen LogP contribution in [-0.2, 0) is 6.30 Å². The fourth-order valence-electron chi connectivity index (χ4n) is 0.682. The smallest absolute Gasteiger partial charge is 0.171 e. The molecule has 0 bridgehead atoms. The summed E-state index contributed by atoms with van der Waals surface area (Å²) in [5, 5.41) is 3.02. The van der Waals surface area contributed by atoms with Gasteiger partial charge in [0.15, 0.2) is 0 Å². The van der Waals surface area contributed by atoms with Gasteiger partial charge in [0.05, 0.1) is 11.2 Å². The number of thioether (sulfide) groups is 1. The van der Waals surface area contributed by atoms with Crippen LogP contribution in [0.15, 0.2) is 11.2 Å². The Balaban J connectivity index is 3.16. The Morgan fingerprint density at radius 3 is 2.50 bits per heavy atom. The van der Waals surface area contributed by atoms with Crippen LogP contribution in [0, 0.1) is 0 Å². The van der Waals surface area contributed by atoms with Crippen molar-refractivity contribution in [2.75, 3.05) is 6.26 Å². The van der Waals surface area contributed by atoms with E-state index in [1.54, 1.807) is 0 Å². The largest absolute Gasteiger partial charge is 0.505 e.